The van der Waals surface area contributed by atoms with Crippen molar-refractivity contribution >= 4 is 6.09 Å². The number of amides is 1. The van der Waals surface area contributed by atoms with E-state index in [0.29, 0.717) is 11.3 Å². The maximum atomic E-state index is 12.7. The second-order valence-electron chi connectivity index (χ2n) is 5.29. The van der Waals surface area contributed by atoms with Crippen molar-refractivity contribution in [1.29, 1.82) is 0 Å². The zero-order valence-electron chi connectivity index (χ0n) is 13.8. The Balaban J connectivity index is 2.38. The number of rotatable bonds is 4. The molecule has 0 fully saturated rings. The number of benzene rings is 1. The van der Waals surface area contributed by atoms with Crippen LogP contribution in [0.5, 0.6) is 5.88 Å². The fourth-order valence-corrected chi connectivity index (χ4v) is 1.86. The minimum Gasteiger partial charge on any atom is -0.391 e. The molecule has 0 bridgehead atoms. The average molecular weight is 355 g/mol. The lowest BCUT2D eigenvalue weighted by atomic mass is 10.1. The van der Waals surface area contributed by atoms with E-state index in [2.05, 4.69) is 9.97 Å². The summed E-state index contributed by atoms with van der Waals surface area (Å²) in [5, 5.41) is 0. The molecule has 0 atom stereocenters. The number of halogens is 3. The van der Waals surface area contributed by atoms with Gasteiger partial charge in [-0.25, -0.2) is 9.78 Å². The van der Waals surface area contributed by atoms with E-state index in [0.717, 1.165) is 12.1 Å². The molecule has 0 saturated heterocycles. The summed E-state index contributed by atoms with van der Waals surface area (Å²) in [6.45, 7) is 0.128. The van der Waals surface area contributed by atoms with Gasteiger partial charge >= 0.3 is 12.3 Å². The first-order chi connectivity index (χ1) is 11.7. The Kier molecular flexibility index (Phi) is 5.58. The molecule has 6 nitrogen and oxygen atoms in total. The van der Waals surface area contributed by atoms with Gasteiger partial charge < -0.3 is 14.4 Å². The second kappa shape index (κ2) is 7.47. The molecule has 0 spiro atoms. The Morgan fingerprint density at radius 1 is 1.16 bits per heavy atom. The largest absolute Gasteiger partial charge is 0.416 e. The molecule has 1 aromatic carbocycles. The van der Waals surface area contributed by atoms with Gasteiger partial charge in [-0.3, -0.25) is 0 Å². The first kappa shape index (κ1) is 18.7. The van der Waals surface area contributed by atoms with Crippen LogP contribution in [0.15, 0.2) is 30.3 Å². The van der Waals surface area contributed by atoms with E-state index in [1.807, 2.05) is 0 Å². The quantitative estimate of drug-likeness (QED) is 0.841. The van der Waals surface area contributed by atoms with Crippen molar-refractivity contribution in [1.82, 2.24) is 14.9 Å². The van der Waals surface area contributed by atoms with Crippen molar-refractivity contribution in [2.45, 2.75) is 12.8 Å². The fourth-order valence-electron chi connectivity index (χ4n) is 1.86. The van der Waals surface area contributed by atoms with Crippen molar-refractivity contribution in [2.75, 3.05) is 21.2 Å². The third-order valence-corrected chi connectivity index (χ3v) is 3.08. The lowest BCUT2D eigenvalue weighted by Gasteiger charge is -2.12. The molecular formula is C16H16F3N3O3. The average Bonchev–Trinajstić information content (AvgIpc) is 2.54. The van der Waals surface area contributed by atoms with Crippen LogP contribution in [0.4, 0.5) is 18.0 Å². The fraction of sp³-hybridized carbons (Fsp3) is 0.312. The molecule has 2 aromatic rings. The first-order valence-electron chi connectivity index (χ1n) is 7.14. The van der Waals surface area contributed by atoms with Crippen LogP contribution >= 0.6 is 0 Å². The Morgan fingerprint density at radius 2 is 1.80 bits per heavy atom. The highest BCUT2D eigenvalue weighted by molar-refractivity contribution is 5.69. The predicted octanol–water partition coefficient (Wildman–Crippen LogP) is 3.37. The summed E-state index contributed by atoms with van der Waals surface area (Å²) in [6, 6.07) is 5.82. The molecular weight excluding hydrogens is 339 g/mol. The first-order valence-corrected chi connectivity index (χ1v) is 7.14. The van der Waals surface area contributed by atoms with Gasteiger partial charge in [-0.2, -0.15) is 18.2 Å². The normalized spacial score (nSPS) is 11.3. The van der Waals surface area contributed by atoms with Gasteiger partial charge in [0, 0.05) is 32.8 Å². The monoisotopic (exact) mass is 355 g/mol. The molecule has 1 amide bonds. The van der Waals surface area contributed by atoms with Crippen LogP contribution in [0.1, 0.15) is 11.3 Å². The van der Waals surface area contributed by atoms with Crippen LogP contribution in [-0.4, -0.2) is 42.2 Å². The number of ether oxygens (including phenoxy) is 2. The van der Waals surface area contributed by atoms with Crippen molar-refractivity contribution in [3.63, 3.8) is 0 Å². The third kappa shape index (κ3) is 4.90. The number of carbonyl (C=O) groups excluding carboxylic acids is 1. The summed E-state index contributed by atoms with van der Waals surface area (Å²) in [5.41, 5.74) is 0.00520. The number of carbonyl (C=O) groups is 1. The van der Waals surface area contributed by atoms with Gasteiger partial charge in [0.05, 0.1) is 17.9 Å². The smallest absolute Gasteiger partial charge is 0.391 e. The standard InChI is InChI=1S/C16H16F3N3O3/c1-22(2)15(23)25-13-8-12(9-24-3)20-14(21-13)10-4-6-11(7-5-10)16(17,18)19/h4-8H,9H2,1-3H3. The number of aromatic nitrogens is 2. The van der Waals surface area contributed by atoms with Crippen LogP contribution in [0.25, 0.3) is 11.4 Å². The summed E-state index contributed by atoms with van der Waals surface area (Å²) >= 11 is 0. The zero-order chi connectivity index (χ0) is 18.6. The number of alkyl halides is 3. The molecule has 0 saturated carbocycles. The molecule has 2 rings (SSSR count). The van der Waals surface area contributed by atoms with Crippen molar-refractivity contribution < 1.29 is 27.4 Å². The summed E-state index contributed by atoms with van der Waals surface area (Å²) in [4.78, 5) is 21.2. The predicted molar refractivity (Wildman–Crippen MR) is 82.9 cm³/mol. The van der Waals surface area contributed by atoms with Crippen LogP contribution < -0.4 is 4.74 Å². The van der Waals surface area contributed by atoms with Crippen LogP contribution in [-0.2, 0) is 17.5 Å². The van der Waals surface area contributed by atoms with E-state index >= 15 is 0 Å². The molecule has 0 aliphatic rings. The maximum Gasteiger partial charge on any atom is 0.416 e. The molecule has 1 aromatic heterocycles. The molecule has 1 heterocycles. The summed E-state index contributed by atoms with van der Waals surface area (Å²) in [5.74, 6) is 0.112. The van der Waals surface area contributed by atoms with Crippen molar-refractivity contribution in [2.24, 2.45) is 0 Å². The van der Waals surface area contributed by atoms with E-state index in [1.54, 1.807) is 0 Å². The number of methoxy groups -OCH3 is 1. The molecule has 0 unspecified atom stereocenters. The van der Waals surface area contributed by atoms with Gasteiger partial charge in [0.15, 0.2) is 5.82 Å². The van der Waals surface area contributed by atoms with Gasteiger partial charge in [0.1, 0.15) is 0 Å². The molecule has 134 valence electrons. The van der Waals surface area contributed by atoms with E-state index < -0.39 is 17.8 Å². The SMILES string of the molecule is COCc1cc(OC(=O)N(C)C)nc(-c2ccc(C(F)(F)F)cc2)n1. The minimum absolute atomic E-state index is 0.0179. The van der Waals surface area contributed by atoms with Crippen LogP contribution in [0, 0.1) is 0 Å². The Labute approximate surface area is 142 Å². The zero-order valence-corrected chi connectivity index (χ0v) is 13.8. The van der Waals surface area contributed by atoms with Crippen molar-refractivity contribution in [3.05, 3.63) is 41.6 Å². The number of hydrogen-bond donors (Lipinski definition) is 0. The molecule has 0 radical (unpaired) electrons. The van der Waals surface area contributed by atoms with Crippen molar-refractivity contribution in [3.8, 4) is 17.3 Å². The van der Waals surface area contributed by atoms with Gasteiger partial charge in [0.25, 0.3) is 0 Å². The molecule has 9 heteroatoms. The van der Waals surface area contributed by atoms with E-state index in [9.17, 15) is 18.0 Å². The summed E-state index contributed by atoms with van der Waals surface area (Å²) in [7, 11) is 4.48. The maximum absolute atomic E-state index is 12.7. The third-order valence-electron chi connectivity index (χ3n) is 3.08. The number of nitrogens with zero attached hydrogens (tertiary/aromatic N) is 3. The van der Waals surface area contributed by atoms with Gasteiger partial charge in [-0.05, 0) is 12.1 Å². The highest BCUT2D eigenvalue weighted by atomic mass is 19.4. The molecule has 0 N–H and O–H groups in total. The van der Waals surface area contributed by atoms with Crippen LogP contribution in [0.2, 0.25) is 0 Å². The summed E-state index contributed by atoms with van der Waals surface area (Å²) in [6.07, 6.45) is -5.07. The van der Waals surface area contributed by atoms with Crippen LogP contribution in [0.3, 0.4) is 0 Å². The van der Waals surface area contributed by atoms with E-state index in [1.165, 1.54) is 44.3 Å². The highest BCUT2D eigenvalue weighted by Crippen LogP contribution is 2.30. The number of hydrogen-bond acceptors (Lipinski definition) is 5. The van der Waals surface area contributed by atoms with E-state index in [4.69, 9.17) is 9.47 Å². The minimum atomic E-state index is -4.43. The summed E-state index contributed by atoms with van der Waals surface area (Å²) < 4.78 is 48.1. The molecule has 0 aliphatic carbocycles. The Hall–Kier alpha value is -2.68. The second-order valence-corrected chi connectivity index (χ2v) is 5.29. The lowest BCUT2D eigenvalue weighted by molar-refractivity contribution is -0.137. The van der Waals surface area contributed by atoms with Gasteiger partial charge in [0.2, 0.25) is 5.88 Å². The Morgan fingerprint density at radius 3 is 2.32 bits per heavy atom. The lowest BCUT2D eigenvalue weighted by Crippen LogP contribution is -2.25. The van der Waals surface area contributed by atoms with Gasteiger partial charge in [-0.15, -0.1) is 0 Å². The topological polar surface area (TPSA) is 64.6 Å². The van der Waals surface area contributed by atoms with E-state index in [-0.39, 0.29) is 18.3 Å². The molecule has 25 heavy (non-hydrogen) atoms. The Bertz CT molecular complexity index is 747. The highest BCUT2D eigenvalue weighted by Gasteiger charge is 2.30. The molecule has 0 aliphatic heterocycles. The van der Waals surface area contributed by atoms with Gasteiger partial charge in [-0.1, -0.05) is 12.1 Å².